The Labute approximate surface area is 90.3 Å². The molecule has 1 aromatic carbocycles. The molecule has 0 aliphatic rings. The predicted molar refractivity (Wildman–Crippen MR) is 52.3 cm³/mol. The average Bonchev–Trinajstić information content (AvgIpc) is 2.15. The number of para-hydroxylation sites is 1. The van der Waals surface area contributed by atoms with Crippen LogP contribution in [-0.2, 0) is 0 Å². The molecule has 2 nitrogen and oxygen atoms in total. The third kappa shape index (κ3) is 3.12. The van der Waals surface area contributed by atoms with Gasteiger partial charge in [-0.15, -0.1) is 13.2 Å². The fourth-order valence-electron chi connectivity index (χ4n) is 1.10. The number of ketones is 1. The van der Waals surface area contributed by atoms with Crippen molar-refractivity contribution >= 4 is 5.78 Å². The summed E-state index contributed by atoms with van der Waals surface area (Å²) < 4.78 is 39.8. The van der Waals surface area contributed by atoms with E-state index in [1.54, 1.807) is 0 Å². The smallest absolute Gasteiger partial charge is 0.405 e. The van der Waals surface area contributed by atoms with Crippen molar-refractivity contribution in [2.45, 2.75) is 13.3 Å². The molecular formula is C11H9F3O2. The second-order valence-electron chi connectivity index (χ2n) is 3.15. The number of benzene rings is 1. The normalized spacial score (nSPS) is 11.0. The minimum atomic E-state index is -4.81. The standard InChI is InChI=1S/C11H9F3O2/c1-7(2)10(15)8-5-3-4-6-9(8)16-11(12,13)14/h3-6H,1H2,2H3. The fourth-order valence-corrected chi connectivity index (χ4v) is 1.10. The van der Waals surface area contributed by atoms with E-state index >= 15 is 0 Å². The van der Waals surface area contributed by atoms with Crippen LogP contribution in [0.1, 0.15) is 17.3 Å². The Morgan fingerprint density at radius 1 is 1.31 bits per heavy atom. The molecule has 0 N–H and O–H groups in total. The van der Waals surface area contributed by atoms with Gasteiger partial charge in [-0.2, -0.15) is 0 Å². The first-order valence-corrected chi connectivity index (χ1v) is 4.36. The van der Waals surface area contributed by atoms with Crippen LogP contribution in [0, 0.1) is 0 Å². The minimum Gasteiger partial charge on any atom is -0.405 e. The molecule has 1 rings (SSSR count). The van der Waals surface area contributed by atoms with Gasteiger partial charge in [-0.3, -0.25) is 4.79 Å². The lowest BCUT2D eigenvalue weighted by atomic mass is 10.1. The molecule has 1 aromatic rings. The van der Waals surface area contributed by atoms with Crippen molar-refractivity contribution in [2.75, 3.05) is 0 Å². The van der Waals surface area contributed by atoms with Crippen LogP contribution in [0.3, 0.4) is 0 Å². The van der Waals surface area contributed by atoms with Gasteiger partial charge in [0.05, 0.1) is 5.56 Å². The van der Waals surface area contributed by atoms with Crippen molar-refractivity contribution in [3.05, 3.63) is 42.0 Å². The molecule has 5 heteroatoms. The highest BCUT2D eigenvalue weighted by Crippen LogP contribution is 2.27. The molecule has 0 aromatic heterocycles. The van der Waals surface area contributed by atoms with Gasteiger partial charge in [0.25, 0.3) is 0 Å². The Morgan fingerprint density at radius 2 is 1.88 bits per heavy atom. The average molecular weight is 230 g/mol. The van der Waals surface area contributed by atoms with Crippen molar-refractivity contribution in [2.24, 2.45) is 0 Å². The maximum absolute atomic E-state index is 12.0. The van der Waals surface area contributed by atoms with Crippen LogP contribution in [0.15, 0.2) is 36.4 Å². The number of carbonyl (C=O) groups excluding carboxylic acids is 1. The molecule has 0 saturated carbocycles. The van der Waals surface area contributed by atoms with Crippen LogP contribution in [0.5, 0.6) is 5.75 Å². The molecule has 0 aliphatic carbocycles. The molecular weight excluding hydrogens is 221 g/mol. The Kier molecular flexibility index (Phi) is 3.37. The molecule has 86 valence electrons. The number of rotatable bonds is 3. The first-order valence-electron chi connectivity index (χ1n) is 4.36. The molecule has 0 bridgehead atoms. The van der Waals surface area contributed by atoms with Gasteiger partial charge in [0, 0.05) is 0 Å². The van der Waals surface area contributed by atoms with Crippen LogP contribution in [0.2, 0.25) is 0 Å². The summed E-state index contributed by atoms with van der Waals surface area (Å²) in [7, 11) is 0. The molecule has 0 radical (unpaired) electrons. The van der Waals surface area contributed by atoms with Crippen molar-refractivity contribution in [1.29, 1.82) is 0 Å². The summed E-state index contributed by atoms with van der Waals surface area (Å²) in [5.41, 5.74) is 0.00514. The Hall–Kier alpha value is -1.78. The molecule has 0 saturated heterocycles. The third-order valence-corrected chi connectivity index (χ3v) is 1.74. The van der Waals surface area contributed by atoms with E-state index in [0.717, 1.165) is 6.07 Å². The molecule has 0 spiro atoms. The SMILES string of the molecule is C=C(C)C(=O)c1ccccc1OC(F)(F)F. The number of Topliss-reactive ketones (excluding diaryl/α,β-unsaturated/α-hetero) is 1. The van der Waals surface area contributed by atoms with Crippen molar-refractivity contribution in [3.8, 4) is 5.75 Å². The predicted octanol–water partition coefficient (Wildman–Crippen LogP) is 3.34. The highest BCUT2D eigenvalue weighted by Gasteiger charge is 2.32. The Bertz CT molecular complexity index is 421. The van der Waals surface area contributed by atoms with E-state index in [9.17, 15) is 18.0 Å². The van der Waals surface area contributed by atoms with Gasteiger partial charge in [0.2, 0.25) is 0 Å². The summed E-state index contributed by atoms with van der Waals surface area (Å²) in [6.45, 7) is 4.81. The van der Waals surface area contributed by atoms with E-state index in [4.69, 9.17) is 0 Å². The lowest BCUT2D eigenvalue weighted by Gasteiger charge is -2.12. The van der Waals surface area contributed by atoms with Gasteiger partial charge in [0.15, 0.2) is 5.78 Å². The van der Waals surface area contributed by atoms with Crippen LogP contribution in [0.25, 0.3) is 0 Å². The van der Waals surface area contributed by atoms with E-state index in [-0.39, 0.29) is 11.1 Å². The second kappa shape index (κ2) is 4.38. The van der Waals surface area contributed by atoms with E-state index in [1.165, 1.54) is 25.1 Å². The van der Waals surface area contributed by atoms with E-state index in [0.29, 0.717) is 0 Å². The topological polar surface area (TPSA) is 26.3 Å². The molecule has 0 amide bonds. The van der Waals surface area contributed by atoms with Crippen LogP contribution >= 0.6 is 0 Å². The number of hydrogen-bond donors (Lipinski definition) is 0. The van der Waals surface area contributed by atoms with E-state index in [2.05, 4.69) is 11.3 Å². The van der Waals surface area contributed by atoms with Crippen molar-refractivity contribution in [1.82, 2.24) is 0 Å². The zero-order valence-electron chi connectivity index (χ0n) is 8.47. The number of carbonyl (C=O) groups is 1. The lowest BCUT2D eigenvalue weighted by molar-refractivity contribution is -0.274. The summed E-state index contributed by atoms with van der Waals surface area (Å²) in [6.07, 6.45) is -4.81. The Balaban J connectivity index is 3.10. The van der Waals surface area contributed by atoms with E-state index < -0.39 is 17.9 Å². The van der Waals surface area contributed by atoms with Gasteiger partial charge in [0.1, 0.15) is 5.75 Å². The van der Waals surface area contributed by atoms with E-state index in [1.807, 2.05) is 0 Å². The monoisotopic (exact) mass is 230 g/mol. The quantitative estimate of drug-likeness (QED) is 0.588. The summed E-state index contributed by atoms with van der Waals surface area (Å²) in [5, 5.41) is 0. The fraction of sp³-hybridized carbons (Fsp3) is 0.182. The van der Waals surface area contributed by atoms with Gasteiger partial charge >= 0.3 is 6.36 Å². The van der Waals surface area contributed by atoms with Crippen molar-refractivity contribution in [3.63, 3.8) is 0 Å². The number of allylic oxidation sites excluding steroid dienone is 1. The summed E-state index contributed by atoms with van der Waals surface area (Å²) >= 11 is 0. The number of halogens is 3. The van der Waals surface area contributed by atoms with Gasteiger partial charge in [-0.1, -0.05) is 18.7 Å². The summed E-state index contributed by atoms with van der Waals surface area (Å²) in [6, 6.07) is 5.16. The molecule has 0 atom stereocenters. The molecule has 0 fully saturated rings. The highest BCUT2D eigenvalue weighted by molar-refractivity contribution is 6.09. The van der Waals surface area contributed by atoms with Crippen LogP contribution in [0.4, 0.5) is 13.2 Å². The van der Waals surface area contributed by atoms with Crippen LogP contribution < -0.4 is 4.74 Å². The van der Waals surface area contributed by atoms with Crippen LogP contribution in [-0.4, -0.2) is 12.1 Å². The minimum absolute atomic E-state index is 0.146. The van der Waals surface area contributed by atoms with Crippen molar-refractivity contribution < 1.29 is 22.7 Å². The molecule has 0 heterocycles. The zero-order valence-corrected chi connectivity index (χ0v) is 8.47. The third-order valence-electron chi connectivity index (χ3n) is 1.74. The molecule has 0 unspecified atom stereocenters. The summed E-state index contributed by atoms with van der Waals surface area (Å²) in [4.78, 5) is 11.5. The lowest BCUT2D eigenvalue weighted by Crippen LogP contribution is -2.19. The second-order valence-corrected chi connectivity index (χ2v) is 3.15. The number of hydrogen-bond acceptors (Lipinski definition) is 2. The number of ether oxygens (including phenoxy) is 1. The molecule has 16 heavy (non-hydrogen) atoms. The maximum Gasteiger partial charge on any atom is 0.573 e. The summed E-state index contributed by atoms with van der Waals surface area (Å²) in [5.74, 6) is -1.08. The largest absolute Gasteiger partial charge is 0.573 e. The van der Waals surface area contributed by atoms with Gasteiger partial charge < -0.3 is 4.74 Å². The van der Waals surface area contributed by atoms with Gasteiger partial charge in [-0.05, 0) is 24.6 Å². The maximum atomic E-state index is 12.0. The zero-order chi connectivity index (χ0) is 12.3. The molecule has 0 aliphatic heterocycles. The van der Waals surface area contributed by atoms with Gasteiger partial charge in [-0.25, -0.2) is 0 Å². The first-order chi connectivity index (χ1) is 7.31. The first kappa shape index (κ1) is 12.3. The number of alkyl halides is 3. The Morgan fingerprint density at radius 3 is 2.38 bits per heavy atom. The highest BCUT2D eigenvalue weighted by atomic mass is 19.4.